The van der Waals surface area contributed by atoms with Gasteiger partial charge in [-0.05, 0) is 56.4 Å². The van der Waals surface area contributed by atoms with E-state index < -0.39 is 5.97 Å². The number of benzene rings is 1. The normalized spacial score (nSPS) is 11.1. The molecule has 0 atom stereocenters. The molecule has 0 aliphatic rings. The number of fused-ring (bicyclic) bond motifs is 1. The Labute approximate surface area is 107 Å². The van der Waals surface area contributed by atoms with Crippen LogP contribution < -0.4 is 0 Å². The van der Waals surface area contributed by atoms with Gasteiger partial charge in [-0.25, -0.2) is 0 Å². The third-order valence-corrected chi connectivity index (χ3v) is 3.37. The zero-order valence-electron chi connectivity index (χ0n) is 11.1. The van der Waals surface area contributed by atoms with Crippen molar-refractivity contribution in [3.05, 3.63) is 34.5 Å². The van der Waals surface area contributed by atoms with Gasteiger partial charge in [-0.15, -0.1) is 0 Å². The molecule has 3 heteroatoms. The molecule has 0 unspecified atom stereocenters. The standard InChI is InChI=1S/C15H19NO2/c1-9-7-10(2)15-12(5-4-6-14(17)18)11(3)16-13(15)8-9/h7-8,16H,4-6H2,1-3H3,(H,17,18). The fourth-order valence-electron chi connectivity index (χ4n) is 2.66. The first-order valence-electron chi connectivity index (χ1n) is 6.29. The molecule has 0 fully saturated rings. The number of carboxylic acids is 1. The summed E-state index contributed by atoms with van der Waals surface area (Å²) in [5, 5.41) is 9.97. The molecule has 0 saturated carbocycles. The minimum absolute atomic E-state index is 0.233. The highest BCUT2D eigenvalue weighted by Gasteiger charge is 2.11. The summed E-state index contributed by atoms with van der Waals surface area (Å²) in [6, 6.07) is 4.33. The Balaban J connectivity index is 2.37. The summed E-state index contributed by atoms with van der Waals surface area (Å²) in [7, 11) is 0. The van der Waals surface area contributed by atoms with Crippen molar-refractivity contribution in [2.24, 2.45) is 0 Å². The molecule has 18 heavy (non-hydrogen) atoms. The maximum absolute atomic E-state index is 10.6. The molecule has 96 valence electrons. The number of aromatic nitrogens is 1. The van der Waals surface area contributed by atoms with Crippen LogP contribution in [0.2, 0.25) is 0 Å². The number of rotatable bonds is 4. The smallest absolute Gasteiger partial charge is 0.303 e. The van der Waals surface area contributed by atoms with Gasteiger partial charge in [-0.2, -0.15) is 0 Å². The lowest BCUT2D eigenvalue weighted by molar-refractivity contribution is -0.137. The molecule has 0 spiro atoms. The quantitative estimate of drug-likeness (QED) is 0.866. The van der Waals surface area contributed by atoms with Crippen molar-refractivity contribution in [2.45, 2.75) is 40.0 Å². The highest BCUT2D eigenvalue weighted by Crippen LogP contribution is 2.28. The molecule has 0 saturated heterocycles. The first-order chi connectivity index (χ1) is 8.49. The Bertz CT molecular complexity index is 596. The molecular weight excluding hydrogens is 226 g/mol. The molecule has 2 rings (SSSR count). The van der Waals surface area contributed by atoms with E-state index in [-0.39, 0.29) is 6.42 Å². The SMILES string of the molecule is Cc1cc(C)c2c(CCCC(=O)O)c(C)[nH]c2c1. The van der Waals surface area contributed by atoms with Gasteiger partial charge in [0, 0.05) is 23.0 Å². The number of aromatic amines is 1. The van der Waals surface area contributed by atoms with Crippen LogP contribution in [0, 0.1) is 20.8 Å². The summed E-state index contributed by atoms with van der Waals surface area (Å²) in [4.78, 5) is 14.0. The van der Waals surface area contributed by atoms with Crippen LogP contribution in [0.15, 0.2) is 12.1 Å². The minimum atomic E-state index is -0.722. The molecule has 1 aromatic carbocycles. The summed E-state index contributed by atoms with van der Waals surface area (Å²) in [6.45, 7) is 6.26. The minimum Gasteiger partial charge on any atom is -0.481 e. The molecule has 1 heterocycles. The second-order valence-corrected chi connectivity index (χ2v) is 4.98. The second-order valence-electron chi connectivity index (χ2n) is 4.98. The number of carboxylic acid groups (broad SMARTS) is 1. The van der Waals surface area contributed by atoms with Crippen molar-refractivity contribution in [1.82, 2.24) is 4.98 Å². The zero-order valence-corrected chi connectivity index (χ0v) is 11.1. The molecule has 0 bridgehead atoms. The topological polar surface area (TPSA) is 53.1 Å². The van der Waals surface area contributed by atoms with E-state index in [4.69, 9.17) is 5.11 Å². The first kappa shape index (κ1) is 12.7. The molecule has 2 aromatic rings. The van der Waals surface area contributed by atoms with Gasteiger partial charge < -0.3 is 10.1 Å². The van der Waals surface area contributed by atoms with Crippen molar-refractivity contribution >= 4 is 16.9 Å². The van der Waals surface area contributed by atoms with Gasteiger partial charge in [0.1, 0.15) is 0 Å². The van der Waals surface area contributed by atoms with E-state index in [1.54, 1.807) is 0 Å². The number of aryl methyl sites for hydroxylation is 4. The molecular formula is C15H19NO2. The van der Waals surface area contributed by atoms with Crippen LogP contribution >= 0.6 is 0 Å². The van der Waals surface area contributed by atoms with Crippen LogP contribution in [0.25, 0.3) is 10.9 Å². The lowest BCUT2D eigenvalue weighted by Gasteiger charge is -2.04. The molecule has 3 nitrogen and oxygen atoms in total. The Hall–Kier alpha value is -1.77. The fourth-order valence-corrected chi connectivity index (χ4v) is 2.66. The van der Waals surface area contributed by atoms with Gasteiger partial charge in [0.15, 0.2) is 0 Å². The number of aliphatic carboxylic acids is 1. The van der Waals surface area contributed by atoms with Crippen molar-refractivity contribution in [2.75, 3.05) is 0 Å². The fraction of sp³-hybridized carbons (Fsp3) is 0.400. The summed E-state index contributed by atoms with van der Waals surface area (Å²) >= 11 is 0. The van der Waals surface area contributed by atoms with E-state index in [0.29, 0.717) is 6.42 Å². The number of carbonyl (C=O) groups is 1. The van der Waals surface area contributed by atoms with E-state index in [2.05, 4.69) is 37.9 Å². The van der Waals surface area contributed by atoms with E-state index in [9.17, 15) is 4.79 Å². The summed E-state index contributed by atoms with van der Waals surface area (Å²) in [5.41, 5.74) is 6.10. The number of hydrogen-bond donors (Lipinski definition) is 2. The van der Waals surface area contributed by atoms with Gasteiger partial charge in [-0.3, -0.25) is 4.79 Å². The van der Waals surface area contributed by atoms with Gasteiger partial charge in [0.25, 0.3) is 0 Å². The van der Waals surface area contributed by atoms with Crippen molar-refractivity contribution in [3.63, 3.8) is 0 Å². The van der Waals surface area contributed by atoms with E-state index in [0.717, 1.165) is 17.6 Å². The summed E-state index contributed by atoms with van der Waals surface area (Å²) < 4.78 is 0. The van der Waals surface area contributed by atoms with Gasteiger partial charge >= 0.3 is 5.97 Å². The van der Waals surface area contributed by atoms with Crippen molar-refractivity contribution in [1.29, 1.82) is 0 Å². The average molecular weight is 245 g/mol. The predicted molar refractivity (Wildman–Crippen MR) is 73.1 cm³/mol. The molecule has 1 aromatic heterocycles. The largest absolute Gasteiger partial charge is 0.481 e. The zero-order chi connectivity index (χ0) is 13.3. The van der Waals surface area contributed by atoms with Crippen molar-refractivity contribution < 1.29 is 9.90 Å². The van der Waals surface area contributed by atoms with Crippen LogP contribution in [0.4, 0.5) is 0 Å². The van der Waals surface area contributed by atoms with Gasteiger partial charge in [0.2, 0.25) is 0 Å². The lowest BCUT2D eigenvalue weighted by atomic mass is 10.00. The number of hydrogen-bond acceptors (Lipinski definition) is 1. The van der Waals surface area contributed by atoms with Crippen LogP contribution in [0.3, 0.4) is 0 Å². The van der Waals surface area contributed by atoms with Gasteiger partial charge in [0.05, 0.1) is 0 Å². The van der Waals surface area contributed by atoms with Gasteiger partial charge in [-0.1, -0.05) is 6.07 Å². The molecule has 2 N–H and O–H groups in total. The second kappa shape index (κ2) is 4.84. The highest BCUT2D eigenvalue weighted by molar-refractivity contribution is 5.88. The molecule has 0 amide bonds. The average Bonchev–Trinajstić information content (AvgIpc) is 2.54. The van der Waals surface area contributed by atoms with E-state index in [1.165, 1.54) is 22.1 Å². The third kappa shape index (κ3) is 2.40. The predicted octanol–water partition coefficient (Wildman–Crippen LogP) is 3.50. The van der Waals surface area contributed by atoms with E-state index >= 15 is 0 Å². The highest BCUT2D eigenvalue weighted by atomic mass is 16.4. The number of H-pyrrole nitrogens is 1. The first-order valence-corrected chi connectivity index (χ1v) is 6.29. The molecule has 0 aliphatic carbocycles. The van der Waals surface area contributed by atoms with E-state index in [1.807, 2.05) is 0 Å². The van der Waals surface area contributed by atoms with Crippen LogP contribution in [0.5, 0.6) is 0 Å². The Morgan fingerprint density at radius 1 is 1.28 bits per heavy atom. The maximum atomic E-state index is 10.6. The Morgan fingerprint density at radius 2 is 2.00 bits per heavy atom. The van der Waals surface area contributed by atoms with Crippen LogP contribution in [-0.4, -0.2) is 16.1 Å². The number of nitrogens with one attached hydrogen (secondary N) is 1. The third-order valence-electron chi connectivity index (χ3n) is 3.37. The Morgan fingerprint density at radius 3 is 2.67 bits per heavy atom. The summed E-state index contributed by atoms with van der Waals surface area (Å²) in [5.74, 6) is -0.722. The van der Waals surface area contributed by atoms with Crippen LogP contribution in [0.1, 0.15) is 35.2 Å². The van der Waals surface area contributed by atoms with Crippen molar-refractivity contribution in [3.8, 4) is 0 Å². The maximum Gasteiger partial charge on any atom is 0.303 e. The monoisotopic (exact) mass is 245 g/mol. The summed E-state index contributed by atoms with van der Waals surface area (Å²) in [6.07, 6.45) is 1.75. The lowest BCUT2D eigenvalue weighted by Crippen LogP contribution is -1.96. The molecule has 0 radical (unpaired) electrons. The Kier molecular flexibility index (Phi) is 3.41. The van der Waals surface area contributed by atoms with Crippen LogP contribution in [-0.2, 0) is 11.2 Å². The molecule has 0 aliphatic heterocycles.